The van der Waals surface area contributed by atoms with Crippen LogP contribution in [0.5, 0.6) is 0 Å². The predicted molar refractivity (Wildman–Crippen MR) is 325 cm³/mol. The highest BCUT2D eigenvalue weighted by Gasteiger charge is 2.19. The molecule has 0 aliphatic heterocycles. The Morgan fingerprint density at radius 3 is 0.827 bits per heavy atom. The van der Waals surface area contributed by atoms with Gasteiger partial charge in [0, 0.05) is 19.3 Å². The van der Waals surface area contributed by atoms with Crippen molar-refractivity contribution >= 4 is 17.9 Å². The normalized spacial score (nSPS) is 12.6. The number of rotatable bonds is 58. The number of carbonyl (C=O) groups is 3. The minimum Gasteiger partial charge on any atom is -0.462 e. The summed E-state index contributed by atoms with van der Waals surface area (Å²) in [6.45, 7) is 6.53. The first-order chi connectivity index (χ1) is 37.0. The van der Waals surface area contributed by atoms with E-state index in [4.69, 9.17) is 14.2 Å². The van der Waals surface area contributed by atoms with E-state index in [2.05, 4.69) is 106 Å². The molecule has 0 aromatic carbocycles. The predicted octanol–water partition coefficient (Wildman–Crippen LogP) is 21.9. The van der Waals surface area contributed by atoms with Crippen LogP contribution in [0.15, 0.2) is 85.1 Å². The molecule has 1 unspecified atom stereocenters. The zero-order valence-electron chi connectivity index (χ0n) is 49.6. The van der Waals surface area contributed by atoms with Gasteiger partial charge in [-0.1, -0.05) is 286 Å². The van der Waals surface area contributed by atoms with Gasteiger partial charge in [-0.3, -0.25) is 14.4 Å². The average Bonchev–Trinajstić information content (AvgIpc) is 3.41. The van der Waals surface area contributed by atoms with E-state index in [0.29, 0.717) is 19.3 Å². The third-order valence-corrected chi connectivity index (χ3v) is 13.9. The number of carbonyl (C=O) groups excluding carboxylic acids is 3. The Morgan fingerprint density at radius 2 is 0.520 bits per heavy atom. The zero-order valence-corrected chi connectivity index (χ0v) is 49.6. The summed E-state index contributed by atoms with van der Waals surface area (Å²) in [7, 11) is 0. The SMILES string of the molecule is CC/C=C\C/C=C\C/C=C\C/C=C\C/C=C\C/C=C\CCCCCCCCCCCCCCC(=O)OCC(COC(=O)CCCCCCCCCCCCCC)OC(=O)CCCCCCC/C=C\CCCCCCC. The minimum absolute atomic E-state index is 0.0760. The van der Waals surface area contributed by atoms with Crippen LogP contribution in [0.4, 0.5) is 0 Å². The van der Waals surface area contributed by atoms with E-state index in [1.54, 1.807) is 0 Å². The highest BCUT2D eigenvalue weighted by molar-refractivity contribution is 5.71. The van der Waals surface area contributed by atoms with Gasteiger partial charge in [-0.05, 0) is 96.3 Å². The first kappa shape index (κ1) is 71.6. The zero-order chi connectivity index (χ0) is 54.3. The third kappa shape index (κ3) is 61.3. The lowest BCUT2D eigenvalue weighted by molar-refractivity contribution is -0.167. The van der Waals surface area contributed by atoms with Crippen LogP contribution in [0.3, 0.4) is 0 Å². The van der Waals surface area contributed by atoms with Crippen LogP contribution in [0.1, 0.15) is 316 Å². The quantitative estimate of drug-likeness (QED) is 0.0261. The second-order valence-electron chi connectivity index (χ2n) is 21.3. The number of hydrogen-bond acceptors (Lipinski definition) is 6. The second-order valence-corrected chi connectivity index (χ2v) is 21.3. The molecule has 0 aliphatic rings. The van der Waals surface area contributed by atoms with Gasteiger partial charge in [0.15, 0.2) is 6.10 Å². The number of ether oxygens (including phenoxy) is 3. The lowest BCUT2D eigenvalue weighted by atomic mass is 10.0. The summed E-state index contributed by atoms with van der Waals surface area (Å²) in [4.78, 5) is 38.2. The molecule has 0 aromatic heterocycles. The molecule has 75 heavy (non-hydrogen) atoms. The topological polar surface area (TPSA) is 78.9 Å². The number of unbranched alkanes of at least 4 members (excludes halogenated alkanes) is 33. The van der Waals surface area contributed by atoms with E-state index in [0.717, 1.165) is 109 Å². The van der Waals surface area contributed by atoms with Crippen molar-refractivity contribution in [3.63, 3.8) is 0 Å². The molecule has 0 N–H and O–H groups in total. The van der Waals surface area contributed by atoms with E-state index in [1.165, 1.54) is 167 Å². The number of allylic oxidation sites excluding steroid dienone is 14. The van der Waals surface area contributed by atoms with Crippen molar-refractivity contribution in [1.82, 2.24) is 0 Å². The van der Waals surface area contributed by atoms with Crippen molar-refractivity contribution in [2.45, 2.75) is 322 Å². The summed E-state index contributed by atoms with van der Waals surface area (Å²) >= 11 is 0. The lowest BCUT2D eigenvalue weighted by Gasteiger charge is -2.18. The molecule has 0 spiro atoms. The van der Waals surface area contributed by atoms with E-state index in [9.17, 15) is 14.4 Å². The van der Waals surface area contributed by atoms with Crippen LogP contribution in [0.2, 0.25) is 0 Å². The summed E-state index contributed by atoms with van der Waals surface area (Å²) in [5.41, 5.74) is 0. The first-order valence-corrected chi connectivity index (χ1v) is 32.1. The van der Waals surface area contributed by atoms with Gasteiger partial charge in [0.05, 0.1) is 0 Å². The Morgan fingerprint density at radius 1 is 0.280 bits per heavy atom. The average molecular weight is 1050 g/mol. The van der Waals surface area contributed by atoms with Gasteiger partial charge in [-0.2, -0.15) is 0 Å². The molecule has 0 saturated heterocycles. The first-order valence-electron chi connectivity index (χ1n) is 32.1. The maximum absolute atomic E-state index is 12.9. The molecule has 432 valence electrons. The molecule has 0 rings (SSSR count). The molecule has 0 amide bonds. The summed E-state index contributed by atoms with van der Waals surface area (Å²) < 4.78 is 16.9. The largest absolute Gasteiger partial charge is 0.462 e. The van der Waals surface area contributed by atoms with E-state index < -0.39 is 6.10 Å². The molecule has 0 fully saturated rings. The van der Waals surface area contributed by atoms with Crippen LogP contribution in [0.25, 0.3) is 0 Å². The molecular formula is C69H120O6. The van der Waals surface area contributed by atoms with Crippen molar-refractivity contribution in [2.24, 2.45) is 0 Å². The van der Waals surface area contributed by atoms with Gasteiger partial charge < -0.3 is 14.2 Å². The van der Waals surface area contributed by atoms with Gasteiger partial charge in [0.1, 0.15) is 13.2 Å². The summed E-state index contributed by atoms with van der Waals surface area (Å²) in [5, 5.41) is 0. The monoisotopic (exact) mass is 1040 g/mol. The lowest BCUT2D eigenvalue weighted by Crippen LogP contribution is -2.30. The smallest absolute Gasteiger partial charge is 0.306 e. The molecule has 0 radical (unpaired) electrons. The fourth-order valence-electron chi connectivity index (χ4n) is 9.09. The number of esters is 3. The van der Waals surface area contributed by atoms with Gasteiger partial charge in [0.2, 0.25) is 0 Å². The molecule has 6 heteroatoms. The van der Waals surface area contributed by atoms with Crippen LogP contribution < -0.4 is 0 Å². The molecule has 0 heterocycles. The molecule has 0 saturated carbocycles. The Hall–Kier alpha value is -3.41. The fourth-order valence-corrected chi connectivity index (χ4v) is 9.09. The highest BCUT2D eigenvalue weighted by atomic mass is 16.6. The van der Waals surface area contributed by atoms with Crippen molar-refractivity contribution in [1.29, 1.82) is 0 Å². The highest BCUT2D eigenvalue weighted by Crippen LogP contribution is 2.16. The van der Waals surface area contributed by atoms with Crippen molar-refractivity contribution in [3.8, 4) is 0 Å². The number of hydrogen-bond donors (Lipinski definition) is 0. The van der Waals surface area contributed by atoms with Crippen LogP contribution in [-0.4, -0.2) is 37.2 Å². The van der Waals surface area contributed by atoms with Gasteiger partial charge in [0.25, 0.3) is 0 Å². The van der Waals surface area contributed by atoms with Crippen LogP contribution in [0, 0.1) is 0 Å². The molecule has 0 aliphatic carbocycles. The second kappa shape index (κ2) is 63.1. The van der Waals surface area contributed by atoms with Crippen LogP contribution in [-0.2, 0) is 28.6 Å². The Kier molecular flexibility index (Phi) is 60.3. The van der Waals surface area contributed by atoms with Crippen molar-refractivity contribution in [3.05, 3.63) is 85.1 Å². The fraction of sp³-hybridized carbons (Fsp3) is 0.754. The summed E-state index contributed by atoms with van der Waals surface area (Å²) in [6.07, 6.45) is 83.1. The maximum Gasteiger partial charge on any atom is 0.306 e. The van der Waals surface area contributed by atoms with Gasteiger partial charge in [-0.25, -0.2) is 0 Å². The Labute approximate surface area is 465 Å². The van der Waals surface area contributed by atoms with Crippen LogP contribution >= 0.6 is 0 Å². The Balaban J connectivity index is 4.19. The molecule has 6 nitrogen and oxygen atoms in total. The van der Waals surface area contributed by atoms with E-state index in [-0.39, 0.29) is 31.1 Å². The third-order valence-electron chi connectivity index (χ3n) is 13.9. The minimum atomic E-state index is -0.779. The van der Waals surface area contributed by atoms with E-state index in [1.807, 2.05) is 0 Å². The molecule has 0 bridgehead atoms. The summed E-state index contributed by atoms with van der Waals surface area (Å²) in [5.74, 6) is -0.875. The Bertz CT molecular complexity index is 1430. The van der Waals surface area contributed by atoms with Gasteiger partial charge >= 0.3 is 17.9 Å². The summed E-state index contributed by atoms with van der Waals surface area (Å²) in [6, 6.07) is 0. The maximum atomic E-state index is 12.9. The van der Waals surface area contributed by atoms with Crippen molar-refractivity contribution in [2.75, 3.05) is 13.2 Å². The molecular weight excluding hydrogens is 925 g/mol. The molecule has 0 aromatic rings. The standard InChI is InChI=1S/C69H120O6/c1-4-7-10-13-16-19-22-25-27-28-29-30-31-32-33-34-35-36-37-38-39-40-41-42-43-45-47-50-53-56-59-62-68(71)74-65-66(64-73-67(70)61-58-55-52-49-46-24-21-18-15-12-9-6-3)75-69(72)63-60-57-54-51-48-44-26-23-20-17-14-11-8-5-2/h7,10,16,19,23,25-27,29-30,32-33,35-36,66H,4-6,8-9,11-15,17-18,20-22,24,28,31,34,37-65H2,1-3H3/b10-7-,19-16-,26-23-,27-25-,30-29-,33-32-,36-35-. The van der Waals surface area contributed by atoms with Crippen molar-refractivity contribution < 1.29 is 28.6 Å². The van der Waals surface area contributed by atoms with E-state index >= 15 is 0 Å². The molecule has 1 atom stereocenters. The van der Waals surface area contributed by atoms with Gasteiger partial charge in [-0.15, -0.1) is 0 Å².